The van der Waals surface area contributed by atoms with Crippen molar-refractivity contribution in [1.82, 2.24) is 4.98 Å². The van der Waals surface area contributed by atoms with Gasteiger partial charge in [0.05, 0.1) is 5.69 Å². The van der Waals surface area contributed by atoms with Gasteiger partial charge in [0, 0.05) is 15.3 Å². The Morgan fingerprint density at radius 3 is 3.06 bits per heavy atom. The fourth-order valence-electron chi connectivity index (χ4n) is 2.58. The monoisotopic (exact) mass is 322 g/mol. The number of anilines is 1. The second kappa shape index (κ2) is 4.67. The van der Waals surface area contributed by atoms with E-state index < -0.39 is 0 Å². The van der Waals surface area contributed by atoms with Gasteiger partial charge in [0.2, 0.25) is 0 Å². The Labute approximate surface area is 119 Å². The minimum atomic E-state index is 0.473. The van der Waals surface area contributed by atoms with Crippen LogP contribution in [0.3, 0.4) is 0 Å². The van der Waals surface area contributed by atoms with Crippen LogP contribution in [0.5, 0.6) is 0 Å². The van der Waals surface area contributed by atoms with Crippen molar-refractivity contribution in [1.29, 1.82) is 0 Å². The predicted molar refractivity (Wildman–Crippen MR) is 80.2 cm³/mol. The summed E-state index contributed by atoms with van der Waals surface area (Å²) in [6.45, 7) is 2.12. The molecule has 18 heavy (non-hydrogen) atoms. The number of benzene rings is 1. The van der Waals surface area contributed by atoms with Crippen LogP contribution in [0.4, 0.5) is 5.13 Å². The Kier molecular flexibility index (Phi) is 3.16. The lowest BCUT2D eigenvalue weighted by molar-refractivity contribution is 0.617. The number of hydrogen-bond donors (Lipinski definition) is 1. The molecule has 2 aromatic rings. The molecular weight excluding hydrogens is 308 g/mol. The van der Waals surface area contributed by atoms with E-state index in [-0.39, 0.29) is 0 Å². The lowest BCUT2D eigenvalue weighted by Crippen LogP contribution is -2.09. The van der Waals surface area contributed by atoms with Crippen LogP contribution in [0.25, 0.3) is 0 Å². The highest BCUT2D eigenvalue weighted by molar-refractivity contribution is 9.10. The quantitative estimate of drug-likeness (QED) is 0.851. The number of aromatic nitrogens is 1. The molecule has 1 atom stereocenters. The third-order valence-electron chi connectivity index (χ3n) is 3.57. The zero-order chi connectivity index (χ0) is 12.7. The summed E-state index contributed by atoms with van der Waals surface area (Å²) < 4.78 is 1.18. The highest BCUT2D eigenvalue weighted by atomic mass is 79.9. The molecule has 1 aliphatic carbocycles. The first-order valence-corrected chi connectivity index (χ1v) is 7.77. The van der Waals surface area contributed by atoms with Crippen molar-refractivity contribution in [3.8, 4) is 0 Å². The average molecular weight is 323 g/mol. The molecule has 0 bridgehead atoms. The number of thiazole rings is 1. The van der Waals surface area contributed by atoms with Gasteiger partial charge in [0.15, 0.2) is 5.13 Å². The molecule has 1 aromatic heterocycles. The van der Waals surface area contributed by atoms with Crippen molar-refractivity contribution in [2.24, 2.45) is 0 Å². The maximum absolute atomic E-state index is 5.85. The summed E-state index contributed by atoms with van der Waals surface area (Å²) in [5.74, 6) is 0.473. The van der Waals surface area contributed by atoms with Crippen LogP contribution < -0.4 is 5.73 Å². The topological polar surface area (TPSA) is 38.9 Å². The van der Waals surface area contributed by atoms with Crippen LogP contribution in [-0.4, -0.2) is 4.98 Å². The molecule has 4 heteroatoms. The van der Waals surface area contributed by atoms with Crippen LogP contribution >= 0.6 is 27.3 Å². The molecule has 2 N–H and O–H groups in total. The summed E-state index contributed by atoms with van der Waals surface area (Å²) in [5, 5.41) is 0.707. The van der Waals surface area contributed by atoms with Gasteiger partial charge >= 0.3 is 0 Å². The van der Waals surface area contributed by atoms with Crippen LogP contribution in [0.15, 0.2) is 22.7 Å². The molecule has 0 amide bonds. The molecule has 0 spiro atoms. The minimum Gasteiger partial charge on any atom is -0.375 e. The minimum absolute atomic E-state index is 0.473. The summed E-state index contributed by atoms with van der Waals surface area (Å²) in [5.41, 5.74) is 9.71. The summed E-state index contributed by atoms with van der Waals surface area (Å²) in [6, 6.07) is 6.65. The van der Waals surface area contributed by atoms with E-state index in [1.54, 1.807) is 11.3 Å². The third-order valence-corrected chi connectivity index (χ3v) is 5.46. The van der Waals surface area contributed by atoms with Crippen LogP contribution in [-0.2, 0) is 6.42 Å². The first kappa shape index (κ1) is 12.2. The van der Waals surface area contributed by atoms with E-state index >= 15 is 0 Å². The van der Waals surface area contributed by atoms with E-state index in [1.807, 2.05) is 0 Å². The first-order chi connectivity index (χ1) is 8.65. The smallest absolute Gasteiger partial charge is 0.180 e. The SMILES string of the molecule is Cc1ccc(C2CCCc3nc(N)sc32)cc1Br. The molecule has 1 aliphatic rings. The van der Waals surface area contributed by atoms with Gasteiger partial charge < -0.3 is 5.73 Å². The van der Waals surface area contributed by atoms with Crippen molar-refractivity contribution in [3.05, 3.63) is 44.4 Å². The Balaban J connectivity index is 2.05. The number of halogens is 1. The number of nitrogens with two attached hydrogens (primary N) is 1. The molecule has 0 saturated carbocycles. The fourth-order valence-corrected chi connectivity index (χ4v) is 4.02. The zero-order valence-electron chi connectivity index (χ0n) is 10.2. The molecule has 0 aliphatic heterocycles. The van der Waals surface area contributed by atoms with Gasteiger partial charge in [-0.1, -0.05) is 28.1 Å². The summed E-state index contributed by atoms with van der Waals surface area (Å²) in [6.07, 6.45) is 3.48. The molecule has 0 fully saturated rings. The second-order valence-electron chi connectivity index (χ2n) is 4.82. The Hall–Kier alpha value is -0.870. The zero-order valence-corrected chi connectivity index (χ0v) is 12.6. The second-order valence-corrected chi connectivity index (χ2v) is 6.73. The highest BCUT2D eigenvalue weighted by Gasteiger charge is 2.25. The number of rotatable bonds is 1. The first-order valence-electron chi connectivity index (χ1n) is 6.16. The van der Waals surface area contributed by atoms with Crippen molar-refractivity contribution in [2.45, 2.75) is 32.1 Å². The maximum Gasteiger partial charge on any atom is 0.180 e. The van der Waals surface area contributed by atoms with Gasteiger partial charge in [-0.3, -0.25) is 0 Å². The molecule has 1 unspecified atom stereocenters. The Bertz CT molecular complexity index is 591. The number of nitrogen functional groups attached to an aromatic ring is 1. The van der Waals surface area contributed by atoms with Gasteiger partial charge in [-0.25, -0.2) is 4.98 Å². The molecule has 0 saturated heterocycles. The van der Waals surface area contributed by atoms with Crippen molar-refractivity contribution < 1.29 is 0 Å². The third kappa shape index (κ3) is 2.08. The lowest BCUT2D eigenvalue weighted by atomic mass is 9.86. The van der Waals surface area contributed by atoms with E-state index in [2.05, 4.69) is 46.0 Å². The van der Waals surface area contributed by atoms with Gasteiger partial charge in [0.1, 0.15) is 0 Å². The summed E-state index contributed by atoms with van der Waals surface area (Å²) >= 11 is 5.28. The van der Waals surface area contributed by atoms with Crippen molar-refractivity contribution >= 4 is 32.4 Å². The summed E-state index contributed by atoms with van der Waals surface area (Å²) in [4.78, 5) is 5.82. The van der Waals surface area contributed by atoms with Gasteiger partial charge in [-0.05, 0) is 43.4 Å². The maximum atomic E-state index is 5.85. The van der Waals surface area contributed by atoms with E-state index in [1.165, 1.54) is 39.0 Å². The number of fused-ring (bicyclic) bond motifs is 1. The largest absolute Gasteiger partial charge is 0.375 e. The van der Waals surface area contributed by atoms with Crippen molar-refractivity contribution in [2.75, 3.05) is 5.73 Å². The fraction of sp³-hybridized carbons (Fsp3) is 0.357. The number of hydrogen-bond acceptors (Lipinski definition) is 3. The highest BCUT2D eigenvalue weighted by Crippen LogP contribution is 2.41. The van der Waals surface area contributed by atoms with Gasteiger partial charge in [-0.2, -0.15) is 0 Å². The molecule has 3 rings (SSSR count). The molecule has 0 radical (unpaired) electrons. The Morgan fingerprint density at radius 1 is 1.44 bits per heavy atom. The predicted octanol–water partition coefficient (Wildman–Crippen LogP) is 4.26. The van der Waals surface area contributed by atoms with Gasteiger partial charge in [0.25, 0.3) is 0 Å². The number of aryl methyl sites for hydroxylation is 2. The standard InChI is InChI=1S/C14H15BrN2S/c1-8-5-6-9(7-11(8)15)10-3-2-4-12-13(10)18-14(16)17-12/h5-7,10H,2-4H2,1H3,(H2,16,17). The molecule has 1 heterocycles. The molecule has 1 aromatic carbocycles. The van der Waals surface area contributed by atoms with Crippen LogP contribution in [0, 0.1) is 6.92 Å². The average Bonchev–Trinajstić information content (AvgIpc) is 2.72. The van der Waals surface area contributed by atoms with Gasteiger partial charge in [-0.15, -0.1) is 11.3 Å². The van der Waals surface area contributed by atoms with E-state index in [0.29, 0.717) is 11.0 Å². The van der Waals surface area contributed by atoms with E-state index in [4.69, 9.17) is 5.73 Å². The van der Waals surface area contributed by atoms with E-state index in [0.717, 1.165) is 6.42 Å². The normalized spacial score (nSPS) is 18.7. The van der Waals surface area contributed by atoms with Crippen molar-refractivity contribution in [3.63, 3.8) is 0 Å². The number of nitrogens with zero attached hydrogens (tertiary/aromatic N) is 1. The Morgan fingerprint density at radius 2 is 2.28 bits per heavy atom. The van der Waals surface area contributed by atoms with E-state index in [9.17, 15) is 0 Å². The van der Waals surface area contributed by atoms with Crippen LogP contribution in [0.2, 0.25) is 0 Å². The summed E-state index contributed by atoms with van der Waals surface area (Å²) in [7, 11) is 0. The molecular formula is C14H15BrN2S. The lowest BCUT2D eigenvalue weighted by Gasteiger charge is -2.22. The van der Waals surface area contributed by atoms with Crippen LogP contribution in [0.1, 0.15) is 40.5 Å². The molecule has 94 valence electrons. The molecule has 2 nitrogen and oxygen atoms in total.